The minimum absolute atomic E-state index is 0.257. The largest absolute Gasteiger partial charge is 0.385 e. The Hall–Kier alpha value is -1.43. The van der Waals surface area contributed by atoms with E-state index >= 15 is 0 Å². The number of aliphatic hydroxyl groups is 1. The van der Waals surface area contributed by atoms with Crippen LogP contribution in [-0.4, -0.2) is 77.6 Å². The van der Waals surface area contributed by atoms with E-state index in [1.165, 1.54) is 31.2 Å². The van der Waals surface area contributed by atoms with Gasteiger partial charge in [-0.15, -0.1) is 0 Å². The van der Waals surface area contributed by atoms with Crippen LogP contribution in [0.4, 0.5) is 0 Å². The number of aryl methyl sites for hydroxylation is 1. The van der Waals surface area contributed by atoms with Crippen LogP contribution < -0.4 is 0 Å². The van der Waals surface area contributed by atoms with E-state index in [2.05, 4.69) is 28.9 Å². The van der Waals surface area contributed by atoms with Crippen molar-refractivity contribution in [2.45, 2.75) is 57.1 Å². The molecule has 4 rings (SSSR count). The molecule has 154 valence electrons. The number of amides is 1. The van der Waals surface area contributed by atoms with Crippen molar-refractivity contribution in [3.63, 3.8) is 0 Å². The SMILES string of the molecule is Cc1cccc(C2(O)CCN(CC(=O)N3CCN(C4CCCC4)CC3)CC2)c1. The molecule has 5 heteroatoms. The first-order chi connectivity index (χ1) is 13.5. The van der Waals surface area contributed by atoms with E-state index in [4.69, 9.17) is 0 Å². The van der Waals surface area contributed by atoms with Gasteiger partial charge in [0.25, 0.3) is 0 Å². The zero-order chi connectivity index (χ0) is 19.6. The van der Waals surface area contributed by atoms with Gasteiger partial charge < -0.3 is 10.0 Å². The standard InChI is InChI=1S/C23H35N3O2/c1-19-5-4-6-20(17-19)23(28)9-11-24(12-10-23)18-22(27)26-15-13-25(14-16-26)21-7-2-3-8-21/h4-6,17,21,28H,2-3,7-16,18H2,1H3. The Morgan fingerprint density at radius 3 is 2.39 bits per heavy atom. The van der Waals surface area contributed by atoms with Gasteiger partial charge in [0.2, 0.25) is 5.91 Å². The number of carbonyl (C=O) groups excluding carboxylic acids is 1. The maximum atomic E-state index is 12.8. The summed E-state index contributed by atoms with van der Waals surface area (Å²) in [6.45, 7) is 7.91. The molecular formula is C23H35N3O2. The van der Waals surface area contributed by atoms with E-state index < -0.39 is 5.60 Å². The molecular weight excluding hydrogens is 350 g/mol. The van der Waals surface area contributed by atoms with E-state index in [0.29, 0.717) is 19.4 Å². The van der Waals surface area contributed by atoms with Crippen molar-refractivity contribution in [2.75, 3.05) is 45.8 Å². The van der Waals surface area contributed by atoms with Crippen molar-refractivity contribution in [3.05, 3.63) is 35.4 Å². The third-order valence-corrected chi connectivity index (χ3v) is 7.11. The highest BCUT2D eigenvalue weighted by Crippen LogP contribution is 2.33. The highest BCUT2D eigenvalue weighted by Gasteiger charge is 2.35. The molecule has 1 aliphatic carbocycles. The molecule has 0 unspecified atom stereocenters. The first-order valence-corrected chi connectivity index (χ1v) is 11.1. The summed E-state index contributed by atoms with van der Waals surface area (Å²) < 4.78 is 0. The molecule has 0 bridgehead atoms. The van der Waals surface area contributed by atoms with Gasteiger partial charge in [-0.1, -0.05) is 42.7 Å². The van der Waals surface area contributed by atoms with Gasteiger partial charge in [0.05, 0.1) is 12.1 Å². The molecule has 0 atom stereocenters. The van der Waals surface area contributed by atoms with E-state index in [-0.39, 0.29) is 5.91 Å². The number of rotatable bonds is 4. The fourth-order valence-corrected chi connectivity index (χ4v) is 5.20. The highest BCUT2D eigenvalue weighted by atomic mass is 16.3. The normalized spacial score (nSPS) is 24.6. The fraction of sp³-hybridized carbons (Fsp3) is 0.696. The Morgan fingerprint density at radius 1 is 1.07 bits per heavy atom. The molecule has 0 spiro atoms. The second kappa shape index (κ2) is 8.52. The van der Waals surface area contributed by atoms with Gasteiger partial charge in [0, 0.05) is 45.3 Å². The molecule has 1 aromatic rings. The lowest BCUT2D eigenvalue weighted by Crippen LogP contribution is -2.54. The first kappa shape index (κ1) is 19.9. The number of benzene rings is 1. The molecule has 28 heavy (non-hydrogen) atoms. The van der Waals surface area contributed by atoms with E-state index in [1.54, 1.807) is 0 Å². The minimum atomic E-state index is -0.752. The van der Waals surface area contributed by atoms with E-state index in [1.807, 2.05) is 17.0 Å². The first-order valence-electron chi connectivity index (χ1n) is 11.1. The summed E-state index contributed by atoms with van der Waals surface area (Å²) in [5.74, 6) is 0.257. The van der Waals surface area contributed by atoms with Crippen LogP contribution in [0, 0.1) is 6.92 Å². The van der Waals surface area contributed by atoms with Crippen LogP contribution in [0.1, 0.15) is 49.7 Å². The van der Waals surface area contributed by atoms with Crippen LogP contribution in [0.3, 0.4) is 0 Å². The van der Waals surface area contributed by atoms with Crippen molar-refractivity contribution in [1.29, 1.82) is 0 Å². The Bertz CT molecular complexity index is 670. The molecule has 1 saturated carbocycles. The number of piperidine rings is 1. The molecule has 0 aromatic heterocycles. The summed E-state index contributed by atoms with van der Waals surface area (Å²) in [6.07, 6.45) is 6.80. The Labute approximate surface area is 169 Å². The molecule has 1 aromatic carbocycles. The smallest absolute Gasteiger partial charge is 0.236 e. The van der Waals surface area contributed by atoms with Gasteiger partial charge in [-0.05, 0) is 38.2 Å². The molecule has 3 fully saturated rings. The summed E-state index contributed by atoms with van der Waals surface area (Å²) in [4.78, 5) is 19.6. The van der Waals surface area contributed by atoms with Crippen LogP contribution in [-0.2, 0) is 10.4 Å². The Balaban J connectivity index is 1.24. The third-order valence-electron chi connectivity index (χ3n) is 7.11. The quantitative estimate of drug-likeness (QED) is 0.864. The minimum Gasteiger partial charge on any atom is -0.385 e. The van der Waals surface area contributed by atoms with Gasteiger partial charge in [-0.2, -0.15) is 0 Å². The molecule has 1 amide bonds. The molecule has 2 saturated heterocycles. The van der Waals surface area contributed by atoms with E-state index in [9.17, 15) is 9.90 Å². The average molecular weight is 386 g/mol. The lowest BCUT2D eigenvalue weighted by molar-refractivity contribution is -0.135. The van der Waals surface area contributed by atoms with Gasteiger partial charge in [0.15, 0.2) is 0 Å². The molecule has 1 N–H and O–H groups in total. The lowest BCUT2D eigenvalue weighted by atomic mass is 9.84. The van der Waals surface area contributed by atoms with Crippen LogP contribution in [0.5, 0.6) is 0 Å². The molecule has 0 radical (unpaired) electrons. The zero-order valence-electron chi connectivity index (χ0n) is 17.3. The second-order valence-electron chi connectivity index (χ2n) is 9.03. The van der Waals surface area contributed by atoms with Crippen LogP contribution >= 0.6 is 0 Å². The third kappa shape index (κ3) is 4.42. The molecule has 2 heterocycles. The molecule has 3 aliphatic rings. The van der Waals surface area contributed by atoms with Gasteiger partial charge >= 0.3 is 0 Å². The summed E-state index contributed by atoms with van der Waals surface area (Å²) in [5, 5.41) is 11.1. The lowest BCUT2D eigenvalue weighted by Gasteiger charge is -2.41. The fourth-order valence-electron chi connectivity index (χ4n) is 5.20. The van der Waals surface area contributed by atoms with E-state index in [0.717, 1.165) is 50.9 Å². The molecule has 2 aliphatic heterocycles. The van der Waals surface area contributed by atoms with Crippen molar-refractivity contribution in [1.82, 2.24) is 14.7 Å². The predicted octanol–water partition coefficient (Wildman–Crippen LogP) is 2.37. The van der Waals surface area contributed by atoms with Crippen molar-refractivity contribution < 1.29 is 9.90 Å². The molecule has 5 nitrogen and oxygen atoms in total. The second-order valence-corrected chi connectivity index (χ2v) is 9.03. The van der Waals surface area contributed by atoms with Gasteiger partial charge in [0.1, 0.15) is 0 Å². The van der Waals surface area contributed by atoms with Gasteiger partial charge in [-0.3, -0.25) is 14.6 Å². The highest BCUT2D eigenvalue weighted by molar-refractivity contribution is 5.78. The monoisotopic (exact) mass is 385 g/mol. The van der Waals surface area contributed by atoms with Gasteiger partial charge in [-0.25, -0.2) is 0 Å². The van der Waals surface area contributed by atoms with Crippen LogP contribution in [0.15, 0.2) is 24.3 Å². The average Bonchev–Trinajstić information content (AvgIpc) is 3.25. The number of nitrogens with zero attached hydrogens (tertiary/aromatic N) is 3. The number of hydrogen-bond acceptors (Lipinski definition) is 4. The van der Waals surface area contributed by atoms with Crippen LogP contribution in [0.2, 0.25) is 0 Å². The van der Waals surface area contributed by atoms with Crippen molar-refractivity contribution >= 4 is 5.91 Å². The number of likely N-dealkylation sites (tertiary alicyclic amines) is 1. The number of piperazine rings is 1. The van der Waals surface area contributed by atoms with Crippen LogP contribution in [0.25, 0.3) is 0 Å². The number of carbonyl (C=O) groups is 1. The maximum Gasteiger partial charge on any atom is 0.236 e. The summed E-state index contributed by atoms with van der Waals surface area (Å²) in [5.41, 5.74) is 1.44. The predicted molar refractivity (Wildman–Crippen MR) is 111 cm³/mol. The number of hydrogen-bond donors (Lipinski definition) is 1. The van der Waals surface area contributed by atoms with Crippen molar-refractivity contribution in [2.24, 2.45) is 0 Å². The zero-order valence-corrected chi connectivity index (χ0v) is 17.3. The Morgan fingerprint density at radius 2 is 1.75 bits per heavy atom. The summed E-state index contributed by atoms with van der Waals surface area (Å²) in [6, 6.07) is 8.96. The summed E-state index contributed by atoms with van der Waals surface area (Å²) in [7, 11) is 0. The maximum absolute atomic E-state index is 12.8. The summed E-state index contributed by atoms with van der Waals surface area (Å²) >= 11 is 0. The Kier molecular flexibility index (Phi) is 6.04. The topological polar surface area (TPSA) is 47.0 Å². The van der Waals surface area contributed by atoms with Crippen molar-refractivity contribution in [3.8, 4) is 0 Å².